The Bertz CT molecular complexity index is 717. The predicted molar refractivity (Wildman–Crippen MR) is 97.8 cm³/mol. The molecule has 1 saturated heterocycles. The maximum Gasteiger partial charge on any atom is 0.241 e. The Balaban J connectivity index is 1.49. The largest absolute Gasteiger partial charge is 0.341 e. The van der Waals surface area contributed by atoms with Gasteiger partial charge in [-0.05, 0) is 40.8 Å². The molecule has 0 unspecified atom stereocenters. The molecule has 8 nitrogen and oxygen atoms in total. The van der Waals surface area contributed by atoms with Crippen LogP contribution in [0.4, 0.5) is 11.8 Å². The fourth-order valence-electron chi connectivity index (χ4n) is 2.66. The fraction of sp³-hybridized carbons (Fsp3) is 0.438. The van der Waals surface area contributed by atoms with Crippen LogP contribution in [-0.2, 0) is 11.2 Å². The summed E-state index contributed by atoms with van der Waals surface area (Å²) >= 11 is 3.33. The zero-order valence-corrected chi connectivity index (χ0v) is 15.5. The molecule has 3 heterocycles. The Kier molecular flexibility index (Phi) is 5.75. The van der Waals surface area contributed by atoms with Gasteiger partial charge in [0.05, 0.1) is 4.47 Å². The van der Waals surface area contributed by atoms with Gasteiger partial charge in [0.2, 0.25) is 11.9 Å². The number of carbonyl (C=O) groups is 1. The smallest absolute Gasteiger partial charge is 0.241 e. The third-order valence-electron chi connectivity index (χ3n) is 4.22. The second-order valence-corrected chi connectivity index (χ2v) is 6.69. The first kappa shape index (κ1) is 17.5. The van der Waals surface area contributed by atoms with E-state index in [1.165, 1.54) is 6.33 Å². The molecule has 2 aromatic heterocycles. The van der Waals surface area contributed by atoms with E-state index in [9.17, 15) is 4.79 Å². The number of nitrogens with one attached hydrogen (secondary N) is 2. The molecule has 2 aromatic rings. The van der Waals surface area contributed by atoms with Crippen molar-refractivity contribution in [3.63, 3.8) is 0 Å². The van der Waals surface area contributed by atoms with Gasteiger partial charge in [-0.25, -0.2) is 19.9 Å². The molecule has 132 valence electrons. The van der Waals surface area contributed by atoms with Crippen molar-refractivity contribution in [1.82, 2.24) is 25.4 Å². The Morgan fingerprint density at radius 2 is 1.96 bits per heavy atom. The van der Waals surface area contributed by atoms with Gasteiger partial charge in [-0.1, -0.05) is 6.92 Å². The lowest BCUT2D eigenvalue weighted by atomic mass is 9.96. The predicted octanol–water partition coefficient (Wildman–Crippen LogP) is 1.95. The third kappa shape index (κ3) is 4.41. The zero-order chi connectivity index (χ0) is 17.6. The highest BCUT2D eigenvalue weighted by Gasteiger charge is 2.26. The van der Waals surface area contributed by atoms with Crippen LogP contribution in [0.2, 0.25) is 0 Å². The highest BCUT2D eigenvalue weighted by molar-refractivity contribution is 9.10. The van der Waals surface area contributed by atoms with Crippen molar-refractivity contribution in [1.29, 1.82) is 0 Å². The third-order valence-corrected chi connectivity index (χ3v) is 4.80. The fourth-order valence-corrected chi connectivity index (χ4v) is 2.98. The number of halogens is 1. The number of hydrogen-bond acceptors (Lipinski definition) is 7. The first-order valence-corrected chi connectivity index (χ1v) is 9.04. The van der Waals surface area contributed by atoms with E-state index in [-0.39, 0.29) is 11.8 Å². The van der Waals surface area contributed by atoms with Crippen molar-refractivity contribution in [3.8, 4) is 0 Å². The van der Waals surface area contributed by atoms with Crippen molar-refractivity contribution in [2.45, 2.75) is 26.2 Å². The van der Waals surface area contributed by atoms with Crippen molar-refractivity contribution in [3.05, 3.63) is 35.0 Å². The Hall–Kier alpha value is -2.29. The summed E-state index contributed by atoms with van der Waals surface area (Å²) in [5, 5.41) is 0. The Morgan fingerprint density at radius 1 is 1.24 bits per heavy atom. The number of nitrogens with zero attached hydrogens (tertiary/aromatic N) is 5. The Labute approximate surface area is 154 Å². The number of anilines is 2. The van der Waals surface area contributed by atoms with E-state index in [2.05, 4.69) is 58.5 Å². The number of aromatic nitrogens is 4. The number of piperidine rings is 1. The molecule has 3 rings (SSSR count). The first-order valence-electron chi connectivity index (χ1n) is 8.24. The number of rotatable bonds is 5. The number of amides is 1. The highest BCUT2D eigenvalue weighted by Crippen LogP contribution is 2.21. The van der Waals surface area contributed by atoms with Crippen LogP contribution in [0.25, 0.3) is 0 Å². The lowest BCUT2D eigenvalue weighted by Crippen LogP contribution is -2.42. The van der Waals surface area contributed by atoms with E-state index in [1.807, 2.05) is 12.4 Å². The SMILES string of the molecule is CCc1cnc(N2CCC(C(=O)NNc3ncncc3Br)CC2)nc1. The van der Waals surface area contributed by atoms with E-state index < -0.39 is 0 Å². The molecule has 0 radical (unpaired) electrons. The van der Waals surface area contributed by atoms with Crippen LogP contribution in [0, 0.1) is 5.92 Å². The molecular weight excluding hydrogens is 386 g/mol. The van der Waals surface area contributed by atoms with Crippen LogP contribution in [-0.4, -0.2) is 38.9 Å². The molecule has 1 aliphatic heterocycles. The summed E-state index contributed by atoms with van der Waals surface area (Å²) in [5.74, 6) is 1.19. The molecule has 0 aliphatic carbocycles. The number of carbonyl (C=O) groups excluding carboxylic acids is 1. The summed E-state index contributed by atoms with van der Waals surface area (Å²) in [7, 11) is 0. The number of aryl methyl sites for hydroxylation is 1. The van der Waals surface area contributed by atoms with Crippen LogP contribution >= 0.6 is 15.9 Å². The van der Waals surface area contributed by atoms with E-state index >= 15 is 0 Å². The van der Waals surface area contributed by atoms with Gasteiger partial charge in [-0.3, -0.25) is 15.6 Å². The summed E-state index contributed by atoms with van der Waals surface area (Å²) in [5.41, 5.74) is 6.67. The van der Waals surface area contributed by atoms with E-state index in [0.29, 0.717) is 10.3 Å². The van der Waals surface area contributed by atoms with E-state index in [1.54, 1.807) is 6.20 Å². The maximum absolute atomic E-state index is 12.3. The molecule has 1 amide bonds. The van der Waals surface area contributed by atoms with Crippen molar-refractivity contribution >= 4 is 33.6 Å². The van der Waals surface area contributed by atoms with Gasteiger partial charge in [-0.15, -0.1) is 0 Å². The van der Waals surface area contributed by atoms with Crippen LogP contribution in [0.15, 0.2) is 29.4 Å². The average molecular weight is 406 g/mol. The maximum atomic E-state index is 12.3. The minimum absolute atomic E-state index is 0.0348. The average Bonchev–Trinajstić information content (AvgIpc) is 2.67. The van der Waals surface area contributed by atoms with Crippen molar-refractivity contribution < 1.29 is 4.79 Å². The normalized spacial score (nSPS) is 15.0. The molecule has 0 aromatic carbocycles. The molecule has 25 heavy (non-hydrogen) atoms. The zero-order valence-electron chi connectivity index (χ0n) is 13.9. The van der Waals surface area contributed by atoms with Crippen LogP contribution in [0.1, 0.15) is 25.3 Å². The highest BCUT2D eigenvalue weighted by atomic mass is 79.9. The van der Waals surface area contributed by atoms with Gasteiger partial charge >= 0.3 is 0 Å². The molecule has 1 aliphatic rings. The number of hydrogen-bond donors (Lipinski definition) is 2. The van der Waals surface area contributed by atoms with Gasteiger partial charge in [-0.2, -0.15) is 0 Å². The van der Waals surface area contributed by atoms with Crippen LogP contribution < -0.4 is 15.8 Å². The molecule has 0 spiro atoms. The minimum Gasteiger partial charge on any atom is -0.341 e. The number of hydrazine groups is 1. The summed E-state index contributed by atoms with van der Waals surface area (Å²) in [4.78, 5) is 31.2. The second-order valence-electron chi connectivity index (χ2n) is 5.84. The van der Waals surface area contributed by atoms with Gasteiger partial charge in [0, 0.05) is 37.6 Å². The van der Waals surface area contributed by atoms with Gasteiger partial charge in [0.1, 0.15) is 6.33 Å². The summed E-state index contributed by atoms with van der Waals surface area (Å²) in [6.07, 6.45) is 9.22. The topological polar surface area (TPSA) is 95.9 Å². The Morgan fingerprint density at radius 3 is 2.60 bits per heavy atom. The molecule has 0 bridgehead atoms. The van der Waals surface area contributed by atoms with E-state index in [4.69, 9.17) is 0 Å². The van der Waals surface area contributed by atoms with Crippen LogP contribution in [0.5, 0.6) is 0 Å². The molecule has 0 saturated carbocycles. The molecule has 0 atom stereocenters. The lowest BCUT2D eigenvalue weighted by molar-refractivity contribution is -0.125. The van der Waals surface area contributed by atoms with Crippen molar-refractivity contribution in [2.75, 3.05) is 23.4 Å². The van der Waals surface area contributed by atoms with Crippen molar-refractivity contribution in [2.24, 2.45) is 5.92 Å². The van der Waals surface area contributed by atoms with Gasteiger partial charge in [0.15, 0.2) is 5.82 Å². The standard InChI is InChI=1S/C16H20BrN7O/c1-2-11-7-19-16(20-8-11)24-5-3-12(4-6-24)15(25)23-22-14-13(17)9-18-10-21-14/h7-10,12H,2-6H2,1H3,(H,23,25)(H,18,21,22). The molecule has 9 heteroatoms. The van der Waals surface area contributed by atoms with E-state index in [0.717, 1.165) is 43.9 Å². The summed E-state index contributed by atoms with van der Waals surface area (Å²) in [6, 6.07) is 0. The minimum atomic E-state index is -0.0423. The summed E-state index contributed by atoms with van der Waals surface area (Å²) in [6.45, 7) is 3.61. The summed E-state index contributed by atoms with van der Waals surface area (Å²) < 4.78 is 0.692. The monoisotopic (exact) mass is 405 g/mol. The molecule has 2 N–H and O–H groups in total. The van der Waals surface area contributed by atoms with Gasteiger partial charge < -0.3 is 4.90 Å². The molecular formula is C16H20BrN7O. The quantitative estimate of drug-likeness (QED) is 0.733. The lowest BCUT2D eigenvalue weighted by Gasteiger charge is -2.31. The second kappa shape index (κ2) is 8.19. The first-order chi connectivity index (χ1) is 12.2. The van der Waals surface area contributed by atoms with Gasteiger partial charge in [0.25, 0.3) is 0 Å². The molecule has 1 fully saturated rings. The van der Waals surface area contributed by atoms with Crippen LogP contribution in [0.3, 0.4) is 0 Å².